The number of rotatable bonds is 4. The molecule has 2 nitrogen and oxygen atoms in total. The monoisotopic (exact) mass is 246 g/mol. The molecule has 0 unspecified atom stereocenters. The second kappa shape index (κ2) is 6.58. The lowest BCUT2D eigenvalue weighted by Gasteiger charge is -2.22. The van der Waals surface area contributed by atoms with Crippen LogP contribution in [0.15, 0.2) is 24.3 Å². The van der Waals surface area contributed by atoms with Gasteiger partial charge in [-0.2, -0.15) is 0 Å². The first-order valence-electron chi connectivity index (χ1n) is 7.04. The molecule has 0 N–H and O–H groups in total. The van der Waals surface area contributed by atoms with Crippen molar-refractivity contribution >= 4 is 5.97 Å². The third-order valence-electron chi connectivity index (χ3n) is 3.68. The third kappa shape index (κ3) is 3.59. The van der Waals surface area contributed by atoms with Gasteiger partial charge in [0.1, 0.15) is 0 Å². The van der Waals surface area contributed by atoms with Crippen molar-refractivity contribution in [2.45, 2.75) is 51.4 Å². The summed E-state index contributed by atoms with van der Waals surface area (Å²) in [6.45, 7) is 2.30. The summed E-state index contributed by atoms with van der Waals surface area (Å²) in [7, 11) is 0. The minimum Gasteiger partial charge on any atom is -0.466 e. The maximum atomic E-state index is 11.5. The molecule has 1 fully saturated rings. The Morgan fingerprint density at radius 2 is 2.06 bits per heavy atom. The van der Waals surface area contributed by atoms with Crippen LogP contribution in [0.5, 0.6) is 0 Å². The average molecular weight is 246 g/mol. The fourth-order valence-corrected chi connectivity index (χ4v) is 2.77. The molecular weight excluding hydrogens is 224 g/mol. The van der Waals surface area contributed by atoms with Gasteiger partial charge in [-0.25, -0.2) is 0 Å². The average Bonchev–Trinajstić information content (AvgIpc) is 2.40. The van der Waals surface area contributed by atoms with Crippen LogP contribution in [-0.2, 0) is 16.0 Å². The van der Waals surface area contributed by atoms with Crippen molar-refractivity contribution in [3.63, 3.8) is 0 Å². The molecule has 0 saturated heterocycles. The highest BCUT2D eigenvalue weighted by molar-refractivity contribution is 5.72. The standard InChI is InChI=1S/C16H22O2/c1-2-18-16(17)12-13-7-6-10-15(11-13)14-8-4-3-5-9-14/h6-7,10-11,14H,2-5,8-9,12H2,1H3. The van der Waals surface area contributed by atoms with Crippen LogP contribution in [-0.4, -0.2) is 12.6 Å². The van der Waals surface area contributed by atoms with Crippen LogP contribution >= 0.6 is 0 Å². The lowest BCUT2D eigenvalue weighted by atomic mass is 9.83. The number of hydrogen-bond donors (Lipinski definition) is 0. The molecule has 1 aliphatic rings. The van der Waals surface area contributed by atoms with Crippen molar-refractivity contribution in [3.05, 3.63) is 35.4 Å². The van der Waals surface area contributed by atoms with Crippen molar-refractivity contribution in [3.8, 4) is 0 Å². The predicted molar refractivity (Wildman–Crippen MR) is 72.6 cm³/mol. The molecule has 2 heteroatoms. The van der Waals surface area contributed by atoms with E-state index in [9.17, 15) is 4.79 Å². The smallest absolute Gasteiger partial charge is 0.310 e. The molecule has 0 spiro atoms. The van der Waals surface area contributed by atoms with E-state index >= 15 is 0 Å². The molecule has 18 heavy (non-hydrogen) atoms. The van der Waals surface area contributed by atoms with Gasteiger partial charge in [-0.15, -0.1) is 0 Å². The largest absolute Gasteiger partial charge is 0.466 e. The van der Waals surface area contributed by atoms with E-state index in [0.717, 1.165) is 5.56 Å². The van der Waals surface area contributed by atoms with Gasteiger partial charge in [0, 0.05) is 0 Å². The van der Waals surface area contributed by atoms with E-state index in [-0.39, 0.29) is 5.97 Å². The summed E-state index contributed by atoms with van der Waals surface area (Å²) >= 11 is 0. The van der Waals surface area contributed by atoms with Gasteiger partial charge in [0.25, 0.3) is 0 Å². The fraction of sp³-hybridized carbons (Fsp3) is 0.562. The minimum atomic E-state index is -0.127. The van der Waals surface area contributed by atoms with E-state index < -0.39 is 0 Å². The van der Waals surface area contributed by atoms with Crippen LogP contribution < -0.4 is 0 Å². The van der Waals surface area contributed by atoms with Crippen molar-refractivity contribution in [1.29, 1.82) is 0 Å². The Labute approximate surface area is 109 Å². The summed E-state index contributed by atoms with van der Waals surface area (Å²) in [6.07, 6.45) is 7.04. The van der Waals surface area contributed by atoms with Crippen molar-refractivity contribution in [2.24, 2.45) is 0 Å². The molecule has 98 valence electrons. The number of ether oxygens (including phenoxy) is 1. The third-order valence-corrected chi connectivity index (χ3v) is 3.68. The molecule has 1 aromatic rings. The van der Waals surface area contributed by atoms with Crippen LogP contribution in [0, 0.1) is 0 Å². The predicted octanol–water partition coefficient (Wildman–Crippen LogP) is 3.84. The molecule has 1 saturated carbocycles. The van der Waals surface area contributed by atoms with Gasteiger partial charge in [-0.3, -0.25) is 4.79 Å². The SMILES string of the molecule is CCOC(=O)Cc1cccc(C2CCCCC2)c1. The molecule has 1 aromatic carbocycles. The Morgan fingerprint density at radius 1 is 1.28 bits per heavy atom. The molecule has 2 rings (SSSR count). The first-order valence-corrected chi connectivity index (χ1v) is 7.04. The molecule has 0 atom stereocenters. The fourth-order valence-electron chi connectivity index (χ4n) is 2.77. The van der Waals surface area contributed by atoms with Gasteiger partial charge in [0.2, 0.25) is 0 Å². The molecule has 0 heterocycles. The number of carbonyl (C=O) groups is 1. The van der Waals surface area contributed by atoms with E-state index in [0.29, 0.717) is 18.9 Å². The maximum Gasteiger partial charge on any atom is 0.310 e. The minimum absolute atomic E-state index is 0.127. The molecular formula is C16H22O2. The molecule has 0 aromatic heterocycles. The Balaban J connectivity index is 2.02. The normalized spacial score (nSPS) is 16.5. The van der Waals surface area contributed by atoms with Crippen molar-refractivity contribution in [2.75, 3.05) is 6.61 Å². The highest BCUT2D eigenvalue weighted by atomic mass is 16.5. The number of esters is 1. The first-order chi connectivity index (χ1) is 8.79. The van der Waals surface area contributed by atoms with Gasteiger partial charge in [-0.05, 0) is 36.8 Å². The quantitative estimate of drug-likeness (QED) is 0.754. The maximum absolute atomic E-state index is 11.5. The van der Waals surface area contributed by atoms with Gasteiger partial charge in [0.05, 0.1) is 13.0 Å². The van der Waals surface area contributed by atoms with E-state index in [1.54, 1.807) is 0 Å². The highest BCUT2D eigenvalue weighted by Crippen LogP contribution is 2.32. The second-order valence-electron chi connectivity index (χ2n) is 5.06. The Morgan fingerprint density at radius 3 is 2.78 bits per heavy atom. The van der Waals surface area contributed by atoms with Crippen molar-refractivity contribution in [1.82, 2.24) is 0 Å². The molecule has 0 amide bonds. The summed E-state index contributed by atoms with van der Waals surface area (Å²) in [5, 5.41) is 0. The topological polar surface area (TPSA) is 26.3 Å². The van der Waals surface area contributed by atoms with Crippen LogP contribution in [0.4, 0.5) is 0 Å². The lowest BCUT2D eigenvalue weighted by Crippen LogP contribution is -2.09. The summed E-state index contributed by atoms with van der Waals surface area (Å²) in [5.41, 5.74) is 2.48. The summed E-state index contributed by atoms with van der Waals surface area (Å²) in [4.78, 5) is 11.5. The van der Waals surface area contributed by atoms with E-state index in [1.165, 1.54) is 37.7 Å². The van der Waals surface area contributed by atoms with Gasteiger partial charge < -0.3 is 4.74 Å². The number of benzene rings is 1. The summed E-state index contributed by atoms with van der Waals surface area (Å²) < 4.78 is 4.99. The van der Waals surface area contributed by atoms with E-state index in [2.05, 4.69) is 18.2 Å². The highest BCUT2D eigenvalue weighted by Gasteiger charge is 2.16. The van der Waals surface area contributed by atoms with Crippen LogP contribution in [0.25, 0.3) is 0 Å². The zero-order valence-corrected chi connectivity index (χ0v) is 11.2. The number of hydrogen-bond acceptors (Lipinski definition) is 2. The van der Waals surface area contributed by atoms with E-state index in [1.807, 2.05) is 13.0 Å². The van der Waals surface area contributed by atoms with Gasteiger partial charge in [0.15, 0.2) is 0 Å². The summed E-state index contributed by atoms with van der Waals surface area (Å²) in [5.74, 6) is 0.569. The molecule has 0 aliphatic heterocycles. The Kier molecular flexibility index (Phi) is 4.80. The lowest BCUT2D eigenvalue weighted by molar-refractivity contribution is -0.142. The first kappa shape index (κ1) is 13.1. The van der Waals surface area contributed by atoms with Gasteiger partial charge in [-0.1, -0.05) is 43.5 Å². The Hall–Kier alpha value is -1.31. The molecule has 0 bridgehead atoms. The zero-order valence-electron chi connectivity index (χ0n) is 11.2. The number of carbonyl (C=O) groups excluding carboxylic acids is 1. The van der Waals surface area contributed by atoms with Crippen LogP contribution in [0.1, 0.15) is 56.1 Å². The van der Waals surface area contributed by atoms with Crippen molar-refractivity contribution < 1.29 is 9.53 Å². The van der Waals surface area contributed by atoms with Crippen LogP contribution in [0.3, 0.4) is 0 Å². The second-order valence-corrected chi connectivity index (χ2v) is 5.06. The Bertz CT molecular complexity index is 392. The molecule has 0 radical (unpaired) electrons. The molecule has 1 aliphatic carbocycles. The van der Waals surface area contributed by atoms with Gasteiger partial charge >= 0.3 is 5.97 Å². The zero-order chi connectivity index (χ0) is 12.8. The van der Waals surface area contributed by atoms with Crippen LogP contribution in [0.2, 0.25) is 0 Å². The van der Waals surface area contributed by atoms with E-state index in [4.69, 9.17) is 4.74 Å². The summed E-state index contributed by atoms with van der Waals surface area (Å²) in [6, 6.07) is 8.47.